The van der Waals surface area contributed by atoms with Crippen molar-refractivity contribution in [2.75, 3.05) is 0 Å². The number of nitriles is 1. The third-order valence-corrected chi connectivity index (χ3v) is 1.91. The van der Waals surface area contributed by atoms with Crippen LogP contribution in [-0.2, 0) is 0 Å². The van der Waals surface area contributed by atoms with E-state index in [0.29, 0.717) is 4.88 Å². The van der Waals surface area contributed by atoms with E-state index < -0.39 is 7.12 Å². The van der Waals surface area contributed by atoms with E-state index in [1.807, 2.05) is 6.07 Å². The summed E-state index contributed by atoms with van der Waals surface area (Å²) in [4.78, 5) is 0.356. The molecule has 0 aliphatic carbocycles. The second kappa shape index (κ2) is 2.84. The first-order valence-electron chi connectivity index (χ1n) is 2.59. The lowest BCUT2D eigenvalue weighted by Crippen LogP contribution is -2.30. The summed E-state index contributed by atoms with van der Waals surface area (Å²) in [5, 5.41) is 27.3. The fourth-order valence-electron chi connectivity index (χ4n) is 0.613. The third-order valence-electron chi connectivity index (χ3n) is 1.08. The SMILES string of the molecule is N#Cc1sccc1B(O)O. The molecule has 10 heavy (non-hydrogen) atoms. The van der Waals surface area contributed by atoms with Gasteiger partial charge in [0.15, 0.2) is 0 Å². The maximum atomic E-state index is 8.64. The molecule has 0 unspecified atom stereocenters. The van der Waals surface area contributed by atoms with Crippen molar-refractivity contribution in [1.29, 1.82) is 5.26 Å². The third kappa shape index (κ3) is 1.19. The van der Waals surface area contributed by atoms with E-state index in [2.05, 4.69) is 0 Å². The summed E-state index contributed by atoms with van der Waals surface area (Å²) in [7, 11) is -1.53. The van der Waals surface area contributed by atoms with Crippen molar-refractivity contribution in [2.24, 2.45) is 0 Å². The molecule has 0 aliphatic heterocycles. The maximum absolute atomic E-state index is 8.64. The van der Waals surface area contributed by atoms with Gasteiger partial charge in [0.25, 0.3) is 0 Å². The number of hydrogen-bond donors (Lipinski definition) is 2. The predicted octanol–water partition coefficient (Wildman–Crippen LogP) is -0.700. The highest BCUT2D eigenvalue weighted by Gasteiger charge is 2.16. The van der Waals surface area contributed by atoms with E-state index in [0.717, 1.165) is 0 Å². The van der Waals surface area contributed by atoms with Crippen molar-refractivity contribution >= 4 is 23.9 Å². The summed E-state index contributed by atoms with van der Waals surface area (Å²) in [5.41, 5.74) is 0.285. The fourth-order valence-corrected chi connectivity index (χ4v) is 1.33. The lowest BCUT2D eigenvalue weighted by atomic mass is 9.81. The zero-order valence-electron chi connectivity index (χ0n) is 4.98. The molecular formula is C5H4BNO2S. The Labute approximate surface area is 62.3 Å². The molecule has 50 valence electrons. The van der Waals surface area contributed by atoms with Crippen LogP contribution in [-0.4, -0.2) is 17.2 Å². The lowest BCUT2D eigenvalue weighted by molar-refractivity contribution is 0.426. The summed E-state index contributed by atoms with van der Waals surface area (Å²) < 4.78 is 0. The summed E-state index contributed by atoms with van der Waals surface area (Å²) in [6.45, 7) is 0. The first kappa shape index (κ1) is 7.28. The summed E-state index contributed by atoms with van der Waals surface area (Å²) in [6, 6.07) is 3.38. The molecule has 0 radical (unpaired) electrons. The lowest BCUT2D eigenvalue weighted by Gasteiger charge is -1.91. The summed E-state index contributed by atoms with van der Waals surface area (Å²) >= 11 is 1.20. The van der Waals surface area contributed by atoms with Crippen molar-refractivity contribution < 1.29 is 10.0 Å². The van der Waals surface area contributed by atoms with Crippen molar-refractivity contribution in [3.8, 4) is 6.07 Å². The van der Waals surface area contributed by atoms with Crippen LogP contribution in [0.1, 0.15) is 4.88 Å². The Morgan fingerprint density at radius 2 is 2.30 bits per heavy atom. The molecule has 3 nitrogen and oxygen atoms in total. The van der Waals surface area contributed by atoms with Crippen molar-refractivity contribution in [2.45, 2.75) is 0 Å². The summed E-state index contributed by atoms with van der Waals surface area (Å²) in [6.07, 6.45) is 0. The van der Waals surface area contributed by atoms with Gasteiger partial charge in [-0.2, -0.15) is 5.26 Å². The Morgan fingerprint density at radius 3 is 2.70 bits per heavy atom. The van der Waals surface area contributed by atoms with Crippen LogP contribution in [0.2, 0.25) is 0 Å². The van der Waals surface area contributed by atoms with Gasteiger partial charge in [-0.1, -0.05) is 6.07 Å². The van der Waals surface area contributed by atoms with E-state index >= 15 is 0 Å². The van der Waals surface area contributed by atoms with Crippen LogP contribution in [0.4, 0.5) is 0 Å². The van der Waals surface area contributed by atoms with Crippen LogP contribution in [0.3, 0.4) is 0 Å². The zero-order valence-corrected chi connectivity index (χ0v) is 5.80. The highest BCUT2D eigenvalue weighted by atomic mass is 32.1. The average Bonchev–Trinajstić information content (AvgIpc) is 2.33. The topological polar surface area (TPSA) is 64.2 Å². The van der Waals surface area contributed by atoms with Gasteiger partial charge < -0.3 is 10.0 Å². The minimum atomic E-state index is -1.53. The molecule has 0 saturated heterocycles. The van der Waals surface area contributed by atoms with Gasteiger partial charge in [0.05, 0.1) is 0 Å². The Morgan fingerprint density at radius 1 is 1.60 bits per heavy atom. The van der Waals surface area contributed by atoms with Gasteiger partial charge in [0, 0.05) is 5.46 Å². The fraction of sp³-hybridized carbons (Fsp3) is 0. The Kier molecular flexibility index (Phi) is 2.07. The van der Waals surface area contributed by atoms with Gasteiger partial charge in [0.2, 0.25) is 0 Å². The van der Waals surface area contributed by atoms with Gasteiger partial charge >= 0.3 is 7.12 Å². The highest BCUT2D eigenvalue weighted by molar-refractivity contribution is 7.12. The molecule has 2 N–H and O–H groups in total. The molecule has 0 bridgehead atoms. The predicted molar refractivity (Wildman–Crippen MR) is 38.9 cm³/mol. The van der Waals surface area contributed by atoms with E-state index in [1.165, 1.54) is 17.4 Å². The van der Waals surface area contributed by atoms with Gasteiger partial charge in [-0.05, 0) is 5.38 Å². The average molecular weight is 153 g/mol. The Hall–Kier alpha value is -0.825. The van der Waals surface area contributed by atoms with Crippen LogP contribution < -0.4 is 5.46 Å². The van der Waals surface area contributed by atoms with E-state index in [1.54, 1.807) is 5.38 Å². The first-order chi connectivity index (χ1) is 4.75. The quantitative estimate of drug-likeness (QED) is 0.524. The first-order valence-corrected chi connectivity index (χ1v) is 3.47. The van der Waals surface area contributed by atoms with Gasteiger partial charge in [0.1, 0.15) is 10.9 Å². The molecule has 5 heteroatoms. The molecule has 0 amide bonds. The van der Waals surface area contributed by atoms with E-state index in [4.69, 9.17) is 15.3 Å². The van der Waals surface area contributed by atoms with Crippen LogP contribution in [0.15, 0.2) is 11.4 Å². The molecule has 0 saturated carbocycles. The maximum Gasteiger partial charge on any atom is 0.490 e. The normalized spacial score (nSPS) is 8.90. The minimum absolute atomic E-state index is 0.285. The van der Waals surface area contributed by atoms with Crippen molar-refractivity contribution in [3.63, 3.8) is 0 Å². The smallest absolute Gasteiger partial charge is 0.423 e. The second-order valence-electron chi connectivity index (χ2n) is 1.69. The van der Waals surface area contributed by atoms with Crippen molar-refractivity contribution in [1.82, 2.24) is 0 Å². The van der Waals surface area contributed by atoms with Crippen LogP contribution >= 0.6 is 11.3 Å². The second-order valence-corrected chi connectivity index (χ2v) is 2.61. The molecule has 1 aromatic rings. The van der Waals surface area contributed by atoms with Crippen LogP contribution in [0, 0.1) is 11.3 Å². The Bertz CT molecular complexity index is 265. The Balaban J connectivity index is 3.05. The largest absolute Gasteiger partial charge is 0.490 e. The van der Waals surface area contributed by atoms with Gasteiger partial charge in [-0.25, -0.2) is 0 Å². The van der Waals surface area contributed by atoms with E-state index in [-0.39, 0.29) is 5.46 Å². The van der Waals surface area contributed by atoms with Gasteiger partial charge in [-0.15, -0.1) is 11.3 Å². The van der Waals surface area contributed by atoms with Crippen LogP contribution in [0.25, 0.3) is 0 Å². The van der Waals surface area contributed by atoms with E-state index in [9.17, 15) is 0 Å². The highest BCUT2D eigenvalue weighted by Crippen LogP contribution is 2.03. The molecule has 0 aliphatic rings. The number of nitrogens with zero attached hydrogens (tertiary/aromatic N) is 1. The van der Waals surface area contributed by atoms with Crippen LogP contribution in [0.5, 0.6) is 0 Å². The number of rotatable bonds is 1. The monoisotopic (exact) mass is 153 g/mol. The number of thiophene rings is 1. The summed E-state index contributed by atoms with van der Waals surface area (Å²) in [5.74, 6) is 0. The molecule has 1 aromatic heterocycles. The molecule has 1 rings (SSSR count). The molecule has 1 heterocycles. The standard InChI is InChI=1S/C5H4BNO2S/c7-3-5-4(6(8)9)1-2-10-5/h1-2,8-9H. The molecule has 0 fully saturated rings. The molecular weight excluding hydrogens is 149 g/mol. The molecule has 0 atom stereocenters. The van der Waals surface area contributed by atoms with Crippen molar-refractivity contribution in [3.05, 3.63) is 16.3 Å². The minimum Gasteiger partial charge on any atom is -0.423 e. The molecule has 0 aromatic carbocycles. The number of hydrogen-bond acceptors (Lipinski definition) is 4. The zero-order chi connectivity index (χ0) is 7.56. The van der Waals surface area contributed by atoms with Gasteiger partial charge in [-0.3, -0.25) is 0 Å². The molecule has 0 spiro atoms.